The maximum absolute atomic E-state index is 5.30. The Labute approximate surface area is 112 Å². The third kappa shape index (κ3) is 7.79. The van der Waals surface area contributed by atoms with Crippen LogP contribution in [0.4, 0.5) is 0 Å². The molecule has 1 nitrogen and oxygen atoms in total. The topological polar surface area (TPSA) is 9.23 Å². The summed E-state index contributed by atoms with van der Waals surface area (Å²) in [5.74, 6) is 3.89. The Morgan fingerprint density at radius 3 is 2.28 bits per heavy atom. The molecule has 98 valence electrons. The summed E-state index contributed by atoms with van der Waals surface area (Å²) in [5, 5.41) is 0. The van der Waals surface area contributed by atoms with Crippen LogP contribution in [0.5, 0.6) is 5.75 Å². The minimum atomic E-state index is 0.824. The van der Waals surface area contributed by atoms with E-state index in [0.717, 1.165) is 12.2 Å². The van der Waals surface area contributed by atoms with Crippen molar-refractivity contribution >= 4 is 0 Å². The van der Waals surface area contributed by atoms with Crippen molar-refractivity contribution in [3.63, 3.8) is 0 Å². The van der Waals surface area contributed by atoms with Gasteiger partial charge in [0.25, 0.3) is 0 Å². The molecule has 1 aromatic rings. The van der Waals surface area contributed by atoms with Crippen molar-refractivity contribution in [1.29, 1.82) is 0 Å². The normalized spacial score (nSPS) is 9.61. The van der Waals surface area contributed by atoms with Gasteiger partial charge in [-0.3, -0.25) is 0 Å². The minimum Gasteiger partial charge on any atom is -0.408 e. The molecule has 0 fully saturated rings. The summed E-state index contributed by atoms with van der Waals surface area (Å²) in [6.07, 6.45) is 13.0. The fourth-order valence-corrected chi connectivity index (χ4v) is 1.81. The Hall–Kier alpha value is -1.42. The molecule has 0 spiro atoms. The molecule has 0 aromatic heterocycles. The van der Waals surface area contributed by atoms with Gasteiger partial charge in [-0.1, -0.05) is 69.6 Å². The van der Waals surface area contributed by atoms with E-state index in [0.29, 0.717) is 0 Å². The van der Waals surface area contributed by atoms with Gasteiger partial charge in [0.15, 0.2) is 0 Å². The van der Waals surface area contributed by atoms with E-state index in [4.69, 9.17) is 4.74 Å². The minimum absolute atomic E-state index is 0.824. The molecule has 0 radical (unpaired) electrons. The lowest BCUT2D eigenvalue weighted by atomic mass is 10.1. The van der Waals surface area contributed by atoms with Crippen LogP contribution in [0.3, 0.4) is 0 Å². The average molecular weight is 244 g/mol. The van der Waals surface area contributed by atoms with Gasteiger partial charge in [0, 0.05) is 6.42 Å². The maximum Gasteiger partial charge on any atom is 0.140 e. The standard InChI is InChI=1S/C17H24O/c1-2-3-4-5-6-7-8-9-13-16-18-17-14-11-10-12-15-17/h10-12,14-15H,2-9H2,1H3. The largest absolute Gasteiger partial charge is 0.408 e. The molecule has 0 unspecified atom stereocenters. The van der Waals surface area contributed by atoms with Crippen molar-refractivity contribution in [1.82, 2.24) is 0 Å². The van der Waals surface area contributed by atoms with Gasteiger partial charge in [-0.2, -0.15) is 0 Å². The number of unbranched alkanes of at least 4 members (excludes halogenated alkanes) is 7. The van der Waals surface area contributed by atoms with Gasteiger partial charge in [0.2, 0.25) is 0 Å². The van der Waals surface area contributed by atoms with E-state index in [1.165, 1.54) is 44.9 Å². The Morgan fingerprint density at radius 1 is 0.889 bits per heavy atom. The second-order valence-corrected chi connectivity index (χ2v) is 4.57. The second-order valence-electron chi connectivity index (χ2n) is 4.57. The van der Waals surface area contributed by atoms with Crippen molar-refractivity contribution in [3.8, 4) is 17.8 Å². The lowest BCUT2D eigenvalue weighted by Gasteiger charge is -1.98. The molecule has 0 bridgehead atoms. The number of benzene rings is 1. The Morgan fingerprint density at radius 2 is 1.56 bits per heavy atom. The van der Waals surface area contributed by atoms with Crippen molar-refractivity contribution in [2.75, 3.05) is 0 Å². The summed E-state index contributed by atoms with van der Waals surface area (Å²) in [7, 11) is 0. The van der Waals surface area contributed by atoms with Crippen LogP contribution < -0.4 is 4.74 Å². The fourth-order valence-electron chi connectivity index (χ4n) is 1.81. The van der Waals surface area contributed by atoms with Crippen LogP contribution in [0.25, 0.3) is 0 Å². The molecule has 0 saturated carbocycles. The summed E-state index contributed by atoms with van der Waals surface area (Å²) in [5.41, 5.74) is 0. The molecular formula is C17H24O. The molecular weight excluding hydrogens is 220 g/mol. The van der Waals surface area contributed by atoms with E-state index < -0.39 is 0 Å². The highest BCUT2D eigenvalue weighted by Gasteiger charge is 1.89. The molecule has 0 heterocycles. The summed E-state index contributed by atoms with van der Waals surface area (Å²) in [4.78, 5) is 0. The first kappa shape index (κ1) is 14.6. The van der Waals surface area contributed by atoms with Crippen molar-refractivity contribution in [3.05, 3.63) is 30.3 Å². The molecule has 0 aliphatic carbocycles. The number of hydrogen-bond acceptors (Lipinski definition) is 1. The summed E-state index contributed by atoms with van der Waals surface area (Å²) >= 11 is 0. The second kappa shape index (κ2) is 10.7. The van der Waals surface area contributed by atoms with Crippen LogP contribution in [-0.4, -0.2) is 0 Å². The Bertz CT molecular complexity index is 345. The first-order valence-corrected chi connectivity index (χ1v) is 7.13. The predicted molar refractivity (Wildman–Crippen MR) is 77.5 cm³/mol. The lowest BCUT2D eigenvalue weighted by Crippen LogP contribution is -1.82. The third-order valence-corrected chi connectivity index (χ3v) is 2.89. The van der Waals surface area contributed by atoms with E-state index >= 15 is 0 Å². The smallest absolute Gasteiger partial charge is 0.140 e. The summed E-state index contributed by atoms with van der Waals surface area (Å²) in [6.45, 7) is 2.25. The van der Waals surface area contributed by atoms with Crippen LogP contribution >= 0.6 is 0 Å². The Kier molecular flexibility index (Phi) is 8.72. The predicted octanol–water partition coefficient (Wildman–Crippen LogP) is 5.17. The summed E-state index contributed by atoms with van der Waals surface area (Å²) < 4.78 is 5.30. The number of ether oxygens (including phenoxy) is 1. The fraction of sp³-hybridized carbons (Fsp3) is 0.529. The van der Waals surface area contributed by atoms with Crippen LogP contribution in [0.15, 0.2) is 30.3 Å². The highest BCUT2D eigenvalue weighted by atomic mass is 16.5. The molecule has 0 atom stereocenters. The molecule has 0 saturated heterocycles. The van der Waals surface area contributed by atoms with Crippen LogP contribution in [-0.2, 0) is 0 Å². The number of para-hydroxylation sites is 1. The molecule has 1 aromatic carbocycles. The van der Waals surface area contributed by atoms with E-state index in [-0.39, 0.29) is 0 Å². The van der Waals surface area contributed by atoms with Crippen molar-refractivity contribution in [2.45, 2.75) is 58.3 Å². The highest BCUT2D eigenvalue weighted by Crippen LogP contribution is 2.08. The van der Waals surface area contributed by atoms with Crippen molar-refractivity contribution in [2.24, 2.45) is 0 Å². The quantitative estimate of drug-likeness (QED) is 0.453. The van der Waals surface area contributed by atoms with E-state index in [9.17, 15) is 0 Å². The van der Waals surface area contributed by atoms with E-state index in [2.05, 4.69) is 19.0 Å². The van der Waals surface area contributed by atoms with Gasteiger partial charge in [-0.25, -0.2) is 0 Å². The zero-order valence-corrected chi connectivity index (χ0v) is 11.5. The molecule has 0 N–H and O–H groups in total. The molecule has 0 aliphatic rings. The van der Waals surface area contributed by atoms with Crippen LogP contribution in [0.1, 0.15) is 58.3 Å². The van der Waals surface area contributed by atoms with Gasteiger partial charge in [0.05, 0.1) is 0 Å². The van der Waals surface area contributed by atoms with Gasteiger partial charge in [-0.15, -0.1) is 0 Å². The van der Waals surface area contributed by atoms with Crippen LogP contribution in [0.2, 0.25) is 0 Å². The molecule has 18 heavy (non-hydrogen) atoms. The molecule has 1 rings (SSSR count). The lowest BCUT2D eigenvalue weighted by molar-refractivity contribution is 0.518. The zero-order valence-electron chi connectivity index (χ0n) is 11.5. The van der Waals surface area contributed by atoms with Gasteiger partial charge >= 0.3 is 0 Å². The third-order valence-electron chi connectivity index (χ3n) is 2.89. The van der Waals surface area contributed by atoms with Gasteiger partial charge < -0.3 is 4.74 Å². The SMILES string of the molecule is CCCCCCCCCC#COc1ccccc1. The number of rotatable bonds is 8. The average Bonchev–Trinajstić information content (AvgIpc) is 2.42. The van der Waals surface area contributed by atoms with Crippen molar-refractivity contribution < 1.29 is 4.74 Å². The van der Waals surface area contributed by atoms with Gasteiger partial charge in [0.1, 0.15) is 11.9 Å². The van der Waals surface area contributed by atoms with Crippen LogP contribution in [0, 0.1) is 12.0 Å². The van der Waals surface area contributed by atoms with Gasteiger partial charge in [-0.05, 0) is 18.6 Å². The number of hydrogen-bond donors (Lipinski definition) is 0. The summed E-state index contributed by atoms with van der Waals surface area (Å²) in [6, 6.07) is 9.71. The zero-order chi connectivity index (χ0) is 12.9. The molecule has 0 amide bonds. The molecule has 0 aliphatic heterocycles. The van der Waals surface area contributed by atoms with E-state index in [1.54, 1.807) is 0 Å². The maximum atomic E-state index is 5.30. The first-order valence-electron chi connectivity index (χ1n) is 7.13. The first-order chi connectivity index (χ1) is 8.93. The highest BCUT2D eigenvalue weighted by molar-refractivity contribution is 5.22. The monoisotopic (exact) mass is 244 g/mol. The van der Waals surface area contributed by atoms with E-state index in [1.807, 2.05) is 30.3 Å². The molecule has 1 heteroatoms. The Balaban J connectivity index is 1.95.